The zero-order valence-corrected chi connectivity index (χ0v) is 21.4. The summed E-state index contributed by atoms with van der Waals surface area (Å²) < 4.78 is 4.94. The average Bonchev–Trinajstić information content (AvgIpc) is 2.93. The van der Waals surface area contributed by atoms with Gasteiger partial charge in [0.1, 0.15) is 24.4 Å². The third-order valence-corrected chi connectivity index (χ3v) is 7.82. The van der Waals surface area contributed by atoms with E-state index in [-0.39, 0.29) is 30.5 Å². The minimum atomic E-state index is -0.603. The van der Waals surface area contributed by atoms with Crippen molar-refractivity contribution >= 4 is 17.6 Å². The quantitative estimate of drug-likeness (QED) is 0.598. The first-order chi connectivity index (χ1) is 18.0. The summed E-state index contributed by atoms with van der Waals surface area (Å²) in [6.07, 6.45) is 4.11. The first-order valence-corrected chi connectivity index (χ1v) is 13.2. The van der Waals surface area contributed by atoms with Gasteiger partial charge in [-0.2, -0.15) is 0 Å². The Labute approximate surface area is 217 Å². The molecule has 37 heavy (non-hydrogen) atoms. The van der Waals surface area contributed by atoms with Crippen LogP contribution < -0.4 is 5.32 Å². The molecule has 10 heteroatoms. The molecule has 3 aliphatic rings. The molecule has 1 aromatic carbocycles. The number of anilines is 1. The molecule has 1 aromatic heterocycles. The third kappa shape index (κ3) is 5.92. The summed E-state index contributed by atoms with van der Waals surface area (Å²) in [5.74, 6) is 0.418. The lowest BCUT2D eigenvalue weighted by molar-refractivity contribution is -0.136. The molecular weight excluding hydrogens is 472 g/mol. The molecule has 2 fully saturated rings. The first-order valence-electron chi connectivity index (χ1n) is 13.2. The fourth-order valence-electron chi connectivity index (χ4n) is 5.74. The van der Waals surface area contributed by atoms with Crippen LogP contribution in [0.25, 0.3) is 0 Å². The second-order valence-corrected chi connectivity index (χ2v) is 10.2. The van der Waals surface area contributed by atoms with Crippen LogP contribution in [0.3, 0.4) is 0 Å². The molecule has 2 atom stereocenters. The van der Waals surface area contributed by atoms with Crippen molar-refractivity contribution in [2.45, 2.75) is 50.4 Å². The number of fused-ring (bicyclic) bond motifs is 1. The van der Waals surface area contributed by atoms with Crippen molar-refractivity contribution in [3.05, 3.63) is 53.5 Å². The van der Waals surface area contributed by atoms with E-state index in [9.17, 15) is 14.7 Å². The predicted molar refractivity (Wildman–Crippen MR) is 138 cm³/mol. The summed E-state index contributed by atoms with van der Waals surface area (Å²) in [5, 5.41) is 14.4. The van der Waals surface area contributed by atoms with E-state index in [1.165, 1.54) is 24.6 Å². The third-order valence-electron chi connectivity index (χ3n) is 7.82. The van der Waals surface area contributed by atoms with E-state index in [4.69, 9.17) is 4.74 Å². The van der Waals surface area contributed by atoms with Gasteiger partial charge in [0, 0.05) is 64.5 Å². The Morgan fingerprint density at radius 2 is 1.81 bits per heavy atom. The molecule has 5 rings (SSSR count). The van der Waals surface area contributed by atoms with Gasteiger partial charge >= 0.3 is 0 Å². The van der Waals surface area contributed by atoms with E-state index in [2.05, 4.69) is 44.5 Å². The van der Waals surface area contributed by atoms with Gasteiger partial charge in [0.05, 0.1) is 6.10 Å². The number of β-amino-alcohol motifs (C(OH)–C–C–N with tert-alkyl or cyclic N) is 1. The normalized spacial score (nSPS) is 23.0. The van der Waals surface area contributed by atoms with Crippen LogP contribution >= 0.6 is 0 Å². The molecule has 4 heterocycles. The van der Waals surface area contributed by atoms with Crippen molar-refractivity contribution in [3.63, 3.8) is 0 Å². The fraction of sp³-hybridized carbons (Fsp3) is 0.556. The topological polar surface area (TPSA) is 111 Å². The molecule has 0 saturated carbocycles. The molecule has 3 aliphatic heterocycles. The Morgan fingerprint density at radius 3 is 2.57 bits per heavy atom. The SMILES string of the molecule is COCC(=O)N1CCC(Nc2cc(C(=O)N3CC[C@H](N4CCc5ccccc5C4)[C@@H](O)C3)ncn2)CC1. The molecule has 10 nitrogen and oxygen atoms in total. The van der Waals surface area contributed by atoms with Crippen molar-refractivity contribution < 1.29 is 19.4 Å². The number of ether oxygens (including phenoxy) is 1. The number of nitrogens with one attached hydrogen (secondary N) is 1. The van der Waals surface area contributed by atoms with Crippen LogP contribution in [0.2, 0.25) is 0 Å². The number of benzene rings is 1. The summed E-state index contributed by atoms with van der Waals surface area (Å²) in [4.78, 5) is 39.6. The van der Waals surface area contributed by atoms with Crippen LogP contribution in [0.4, 0.5) is 5.82 Å². The number of nitrogens with zero attached hydrogens (tertiary/aromatic N) is 5. The highest BCUT2D eigenvalue weighted by atomic mass is 16.5. The van der Waals surface area contributed by atoms with Crippen molar-refractivity contribution in [3.8, 4) is 0 Å². The Kier molecular flexibility index (Phi) is 7.97. The van der Waals surface area contributed by atoms with Crippen LogP contribution in [0, 0.1) is 0 Å². The second-order valence-electron chi connectivity index (χ2n) is 10.2. The van der Waals surface area contributed by atoms with Gasteiger partial charge in [-0.15, -0.1) is 0 Å². The van der Waals surface area contributed by atoms with Gasteiger partial charge in [-0.1, -0.05) is 24.3 Å². The highest BCUT2D eigenvalue weighted by Crippen LogP contribution is 2.26. The number of piperidine rings is 2. The van der Waals surface area contributed by atoms with Gasteiger partial charge in [-0.05, 0) is 36.8 Å². The molecule has 0 radical (unpaired) electrons. The molecule has 198 valence electrons. The van der Waals surface area contributed by atoms with E-state index in [0.717, 1.165) is 38.8 Å². The molecule has 2 saturated heterocycles. The lowest BCUT2D eigenvalue weighted by Gasteiger charge is -2.43. The Hall–Kier alpha value is -3.08. The van der Waals surface area contributed by atoms with Crippen molar-refractivity contribution in [2.75, 3.05) is 51.8 Å². The van der Waals surface area contributed by atoms with Crippen LogP contribution in [0.1, 0.15) is 40.9 Å². The van der Waals surface area contributed by atoms with Crippen LogP contribution in [0.15, 0.2) is 36.7 Å². The summed E-state index contributed by atoms with van der Waals surface area (Å²) >= 11 is 0. The summed E-state index contributed by atoms with van der Waals surface area (Å²) in [7, 11) is 1.52. The van der Waals surface area contributed by atoms with Crippen molar-refractivity contribution in [2.24, 2.45) is 0 Å². The second kappa shape index (κ2) is 11.5. The maximum Gasteiger partial charge on any atom is 0.272 e. The number of carbonyl (C=O) groups excluding carboxylic acids is 2. The number of hydrogen-bond donors (Lipinski definition) is 2. The van der Waals surface area contributed by atoms with Crippen molar-refractivity contribution in [1.82, 2.24) is 24.7 Å². The summed E-state index contributed by atoms with van der Waals surface area (Å²) in [6.45, 7) is 4.06. The van der Waals surface area contributed by atoms with Gasteiger partial charge in [0.2, 0.25) is 5.91 Å². The van der Waals surface area contributed by atoms with Crippen molar-refractivity contribution in [1.29, 1.82) is 0 Å². The van der Waals surface area contributed by atoms with Gasteiger partial charge in [0.15, 0.2) is 0 Å². The number of likely N-dealkylation sites (tertiary alicyclic amines) is 2. The summed E-state index contributed by atoms with van der Waals surface area (Å²) in [5.41, 5.74) is 3.04. The van der Waals surface area contributed by atoms with E-state index in [1.54, 1.807) is 11.0 Å². The van der Waals surface area contributed by atoms with Gasteiger partial charge in [0.25, 0.3) is 5.91 Å². The number of carbonyl (C=O) groups is 2. The molecule has 0 unspecified atom stereocenters. The lowest BCUT2D eigenvalue weighted by Crippen LogP contribution is -2.56. The lowest BCUT2D eigenvalue weighted by atomic mass is 9.94. The minimum Gasteiger partial charge on any atom is -0.390 e. The molecular formula is C27H36N6O4. The van der Waals surface area contributed by atoms with Crippen LogP contribution in [-0.2, 0) is 22.5 Å². The number of amides is 2. The molecule has 2 amide bonds. The van der Waals surface area contributed by atoms with Gasteiger partial charge in [-0.3, -0.25) is 14.5 Å². The summed E-state index contributed by atoms with van der Waals surface area (Å²) in [6, 6.07) is 10.4. The Morgan fingerprint density at radius 1 is 1.05 bits per heavy atom. The largest absolute Gasteiger partial charge is 0.390 e. The Bertz CT molecular complexity index is 1110. The maximum absolute atomic E-state index is 13.2. The predicted octanol–water partition coefficient (Wildman–Crippen LogP) is 1.16. The van der Waals surface area contributed by atoms with Crippen LogP contribution in [-0.4, -0.2) is 106 Å². The number of aromatic nitrogens is 2. The zero-order chi connectivity index (χ0) is 25.8. The fourth-order valence-corrected chi connectivity index (χ4v) is 5.74. The standard InChI is InChI=1S/C27H36N6O4/c1-37-17-26(35)31-11-7-21(8-12-31)30-25-14-22(28-18-29-25)27(36)33-13-9-23(24(34)16-33)32-10-6-19-4-2-3-5-20(19)15-32/h2-5,14,18,21,23-24,34H,6-13,15-17H2,1H3,(H,28,29,30)/t23-,24-/m0/s1. The monoisotopic (exact) mass is 508 g/mol. The smallest absolute Gasteiger partial charge is 0.272 e. The van der Waals surface area contributed by atoms with E-state index < -0.39 is 6.10 Å². The molecule has 0 bridgehead atoms. The average molecular weight is 509 g/mol. The number of methoxy groups -OCH3 is 1. The maximum atomic E-state index is 13.2. The van der Waals surface area contributed by atoms with Crippen LogP contribution in [0.5, 0.6) is 0 Å². The van der Waals surface area contributed by atoms with E-state index >= 15 is 0 Å². The van der Waals surface area contributed by atoms with Gasteiger partial charge < -0.3 is 25.0 Å². The number of aliphatic hydroxyl groups excluding tert-OH is 1. The number of rotatable bonds is 6. The minimum absolute atomic E-state index is 0.00642. The first kappa shape index (κ1) is 25.6. The number of aliphatic hydroxyl groups is 1. The zero-order valence-electron chi connectivity index (χ0n) is 21.4. The molecule has 2 aromatic rings. The van der Waals surface area contributed by atoms with E-state index in [1.807, 2.05) is 4.90 Å². The Balaban J connectivity index is 1.14. The molecule has 2 N–H and O–H groups in total. The molecule has 0 aliphatic carbocycles. The molecule has 0 spiro atoms. The highest BCUT2D eigenvalue weighted by Gasteiger charge is 2.35. The highest BCUT2D eigenvalue weighted by molar-refractivity contribution is 5.93. The number of hydrogen-bond acceptors (Lipinski definition) is 8. The van der Waals surface area contributed by atoms with Gasteiger partial charge in [-0.25, -0.2) is 9.97 Å². The van der Waals surface area contributed by atoms with E-state index in [0.29, 0.717) is 37.7 Å².